The molecule has 152 valence electrons. The van der Waals surface area contributed by atoms with Gasteiger partial charge in [0.1, 0.15) is 0 Å². The number of fused-ring (bicyclic) bond motifs is 2. The molecular weight excluding hydrogens is 376 g/mol. The molecule has 0 unspecified atom stereocenters. The molecule has 1 fully saturated rings. The van der Waals surface area contributed by atoms with Gasteiger partial charge in [0.05, 0.1) is 22.8 Å². The summed E-state index contributed by atoms with van der Waals surface area (Å²) in [5.74, 6) is -0.0827. The third-order valence-electron chi connectivity index (χ3n) is 5.53. The van der Waals surface area contributed by atoms with Gasteiger partial charge in [-0.3, -0.25) is 14.7 Å². The molecular formula is C23H24N6O. The predicted molar refractivity (Wildman–Crippen MR) is 116 cm³/mol. The van der Waals surface area contributed by atoms with Crippen LogP contribution in [0.3, 0.4) is 0 Å². The Labute approximate surface area is 175 Å². The molecule has 7 heteroatoms. The molecule has 0 aromatic carbocycles. The van der Waals surface area contributed by atoms with Gasteiger partial charge >= 0.3 is 0 Å². The van der Waals surface area contributed by atoms with E-state index in [1.807, 2.05) is 61.1 Å². The Hall–Kier alpha value is -3.45. The molecule has 1 saturated heterocycles. The van der Waals surface area contributed by atoms with Gasteiger partial charge in [0.15, 0.2) is 5.65 Å². The van der Waals surface area contributed by atoms with Gasteiger partial charge in [0.25, 0.3) is 5.91 Å². The van der Waals surface area contributed by atoms with Gasteiger partial charge in [0, 0.05) is 62.1 Å². The molecule has 3 aliphatic heterocycles. The van der Waals surface area contributed by atoms with Crippen LogP contribution in [0.4, 0.5) is 0 Å². The lowest BCUT2D eigenvalue weighted by molar-refractivity contribution is -0.122. The van der Waals surface area contributed by atoms with E-state index in [-0.39, 0.29) is 5.91 Å². The minimum Gasteiger partial charge on any atom is -0.368 e. The molecule has 2 aromatic heterocycles. The molecule has 5 rings (SSSR count). The molecule has 0 radical (unpaired) electrons. The summed E-state index contributed by atoms with van der Waals surface area (Å²) in [5, 5.41) is 3.36. The standard InChI is InChI=1S/C23H24N6O/c1-16-13-28-15-21(26-23(28)17(2)25-16)18-4-3-5-19-6-7-20(14-29(19)22(30)12-18)27-10-8-24-9-11-27/h3-7,12-15,24H,8-11H2,1-2H3/b4-3+,18-12+,19-5+. The second-order valence-electron chi connectivity index (χ2n) is 7.71. The molecule has 0 aliphatic carbocycles. The lowest BCUT2D eigenvalue weighted by Gasteiger charge is -2.33. The number of imidazole rings is 1. The van der Waals surface area contributed by atoms with Crippen LogP contribution in [0.15, 0.2) is 66.4 Å². The summed E-state index contributed by atoms with van der Waals surface area (Å²) < 4.78 is 1.97. The summed E-state index contributed by atoms with van der Waals surface area (Å²) >= 11 is 0. The Kier molecular flexibility index (Phi) is 4.59. The Morgan fingerprint density at radius 2 is 1.80 bits per heavy atom. The smallest absolute Gasteiger partial charge is 0.255 e. The minimum atomic E-state index is -0.0827. The van der Waals surface area contributed by atoms with Crippen molar-refractivity contribution in [2.45, 2.75) is 13.8 Å². The van der Waals surface area contributed by atoms with Crippen molar-refractivity contribution in [2.75, 3.05) is 26.2 Å². The highest BCUT2D eigenvalue weighted by Crippen LogP contribution is 2.25. The zero-order chi connectivity index (χ0) is 20.7. The first-order chi connectivity index (χ1) is 14.6. The third kappa shape index (κ3) is 3.37. The molecule has 0 atom stereocenters. The van der Waals surface area contributed by atoms with Crippen molar-refractivity contribution >= 4 is 17.1 Å². The molecule has 1 amide bonds. The summed E-state index contributed by atoms with van der Waals surface area (Å²) in [7, 11) is 0. The SMILES string of the molecule is Cc1cn2cc(C3=C\C(=O)N4C=C(N5CCNCC5)C=C\C4=C/C=C/3)nc2c(C)n1. The Balaban J connectivity index is 1.50. The van der Waals surface area contributed by atoms with Crippen molar-refractivity contribution in [1.82, 2.24) is 29.5 Å². The maximum absolute atomic E-state index is 13.2. The normalized spacial score (nSPS) is 23.8. The minimum absolute atomic E-state index is 0.0827. The number of aryl methyl sites for hydroxylation is 2. The average molecular weight is 400 g/mol. The second kappa shape index (κ2) is 7.42. The number of nitrogens with zero attached hydrogens (tertiary/aromatic N) is 5. The molecule has 2 aromatic rings. The van der Waals surface area contributed by atoms with Crippen LogP contribution >= 0.6 is 0 Å². The first kappa shape index (κ1) is 18.6. The van der Waals surface area contributed by atoms with E-state index in [1.54, 1.807) is 11.0 Å². The number of nitrogens with one attached hydrogen (secondary N) is 1. The Morgan fingerprint density at radius 1 is 1.00 bits per heavy atom. The highest BCUT2D eigenvalue weighted by molar-refractivity contribution is 5.99. The van der Waals surface area contributed by atoms with Crippen LogP contribution in [-0.2, 0) is 4.79 Å². The van der Waals surface area contributed by atoms with Gasteiger partial charge in [-0.1, -0.05) is 12.2 Å². The molecule has 7 nitrogen and oxygen atoms in total. The summed E-state index contributed by atoms with van der Waals surface area (Å²) in [6.07, 6.45) is 17.4. The monoisotopic (exact) mass is 400 g/mol. The lowest BCUT2D eigenvalue weighted by atomic mass is 10.1. The van der Waals surface area contributed by atoms with Crippen molar-refractivity contribution < 1.29 is 4.79 Å². The van der Waals surface area contributed by atoms with E-state index >= 15 is 0 Å². The second-order valence-corrected chi connectivity index (χ2v) is 7.71. The van der Waals surface area contributed by atoms with Gasteiger partial charge in [0.2, 0.25) is 0 Å². The van der Waals surface area contributed by atoms with E-state index in [9.17, 15) is 4.79 Å². The number of aromatic nitrogens is 3. The number of rotatable bonds is 2. The maximum atomic E-state index is 13.2. The number of amides is 1. The molecule has 0 spiro atoms. The lowest BCUT2D eigenvalue weighted by Crippen LogP contribution is -2.43. The highest BCUT2D eigenvalue weighted by Gasteiger charge is 2.22. The van der Waals surface area contributed by atoms with Crippen LogP contribution in [0.5, 0.6) is 0 Å². The molecule has 0 saturated carbocycles. The van der Waals surface area contributed by atoms with E-state index in [0.29, 0.717) is 0 Å². The third-order valence-corrected chi connectivity index (χ3v) is 5.53. The largest absolute Gasteiger partial charge is 0.368 e. The summed E-state index contributed by atoms with van der Waals surface area (Å²) in [6, 6.07) is 0. The van der Waals surface area contributed by atoms with E-state index in [4.69, 9.17) is 4.98 Å². The van der Waals surface area contributed by atoms with E-state index in [1.165, 1.54) is 0 Å². The molecule has 3 aliphatic rings. The van der Waals surface area contributed by atoms with Crippen LogP contribution in [0.1, 0.15) is 17.1 Å². The molecule has 30 heavy (non-hydrogen) atoms. The van der Waals surface area contributed by atoms with E-state index in [2.05, 4.69) is 21.3 Å². The van der Waals surface area contributed by atoms with Crippen molar-refractivity contribution in [3.63, 3.8) is 0 Å². The van der Waals surface area contributed by atoms with Crippen molar-refractivity contribution in [2.24, 2.45) is 0 Å². The summed E-state index contributed by atoms with van der Waals surface area (Å²) in [5.41, 5.74) is 6.06. The van der Waals surface area contributed by atoms with Crippen LogP contribution < -0.4 is 5.32 Å². The topological polar surface area (TPSA) is 65.8 Å². The molecule has 1 N–H and O–H groups in total. The van der Waals surface area contributed by atoms with Gasteiger partial charge in [-0.05, 0) is 32.1 Å². The maximum Gasteiger partial charge on any atom is 0.255 e. The predicted octanol–water partition coefficient (Wildman–Crippen LogP) is 2.33. The van der Waals surface area contributed by atoms with Gasteiger partial charge < -0.3 is 14.6 Å². The average Bonchev–Trinajstić information content (AvgIpc) is 3.16. The quantitative estimate of drug-likeness (QED) is 0.838. The van der Waals surface area contributed by atoms with Crippen LogP contribution in [0, 0.1) is 13.8 Å². The van der Waals surface area contributed by atoms with Crippen molar-refractivity contribution in [1.29, 1.82) is 0 Å². The fourth-order valence-corrected chi connectivity index (χ4v) is 4.04. The number of carbonyl (C=O) groups excluding carboxylic acids is 1. The fourth-order valence-electron chi connectivity index (χ4n) is 4.04. The van der Waals surface area contributed by atoms with Gasteiger partial charge in [-0.25, -0.2) is 4.98 Å². The van der Waals surface area contributed by atoms with E-state index < -0.39 is 0 Å². The van der Waals surface area contributed by atoms with Crippen molar-refractivity contribution in [3.05, 3.63) is 83.5 Å². The zero-order valence-corrected chi connectivity index (χ0v) is 17.2. The molecule has 0 bridgehead atoms. The number of carbonyl (C=O) groups is 1. The zero-order valence-electron chi connectivity index (χ0n) is 17.2. The summed E-state index contributed by atoms with van der Waals surface area (Å²) in [6.45, 7) is 7.69. The first-order valence-corrected chi connectivity index (χ1v) is 10.2. The number of piperazine rings is 1. The van der Waals surface area contributed by atoms with Crippen LogP contribution in [0.25, 0.3) is 11.2 Å². The van der Waals surface area contributed by atoms with E-state index in [0.717, 1.165) is 65.9 Å². The van der Waals surface area contributed by atoms with Gasteiger partial charge in [-0.2, -0.15) is 0 Å². The number of hydrogen-bond acceptors (Lipinski definition) is 5. The summed E-state index contributed by atoms with van der Waals surface area (Å²) in [4.78, 5) is 26.4. The Bertz CT molecular complexity index is 1170. The first-order valence-electron chi connectivity index (χ1n) is 10.2. The molecule has 5 heterocycles. The van der Waals surface area contributed by atoms with Crippen LogP contribution in [-0.4, -0.2) is 56.3 Å². The Morgan fingerprint density at radius 3 is 2.63 bits per heavy atom. The number of hydrogen-bond donors (Lipinski definition) is 1. The number of allylic oxidation sites excluding steroid dienone is 6. The van der Waals surface area contributed by atoms with Crippen molar-refractivity contribution in [3.8, 4) is 0 Å². The fraction of sp³-hybridized carbons (Fsp3) is 0.261. The van der Waals surface area contributed by atoms with Gasteiger partial charge in [-0.15, -0.1) is 0 Å². The van der Waals surface area contributed by atoms with Crippen LogP contribution in [0.2, 0.25) is 0 Å². The highest BCUT2D eigenvalue weighted by atomic mass is 16.2.